The van der Waals surface area contributed by atoms with Gasteiger partial charge in [0.25, 0.3) is 5.69 Å². The van der Waals surface area contributed by atoms with Crippen LogP contribution in [0.5, 0.6) is 0 Å². The van der Waals surface area contributed by atoms with Crippen LogP contribution in [0.15, 0.2) is 48.5 Å². The summed E-state index contributed by atoms with van der Waals surface area (Å²) < 4.78 is 37.8. The number of carbonyl (C=O) groups is 1. The van der Waals surface area contributed by atoms with Crippen LogP contribution in [0.25, 0.3) is 0 Å². The van der Waals surface area contributed by atoms with E-state index in [1.807, 2.05) is 0 Å². The molecule has 0 saturated carbocycles. The molecule has 1 amide bonds. The van der Waals surface area contributed by atoms with Gasteiger partial charge in [-0.25, -0.2) is 0 Å². The first-order valence-corrected chi connectivity index (χ1v) is 6.71. The van der Waals surface area contributed by atoms with E-state index in [0.29, 0.717) is 5.69 Å². The van der Waals surface area contributed by atoms with Crippen LogP contribution >= 0.6 is 0 Å². The third-order valence-corrected chi connectivity index (χ3v) is 3.00. The fourth-order valence-electron chi connectivity index (χ4n) is 1.86. The van der Waals surface area contributed by atoms with Gasteiger partial charge >= 0.3 is 6.18 Å². The van der Waals surface area contributed by atoms with Crippen molar-refractivity contribution in [3.05, 3.63) is 64.2 Å². The lowest BCUT2D eigenvalue weighted by molar-refractivity contribution is -0.384. The molecular formula is C15H12F3N3O3. The quantitative estimate of drug-likeness (QED) is 0.643. The summed E-state index contributed by atoms with van der Waals surface area (Å²) in [6.07, 6.45) is -4.46. The van der Waals surface area contributed by atoms with Gasteiger partial charge in [0.1, 0.15) is 0 Å². The van der Waals surface area contributed by atoms with Crippen molar-refractivity contribution >= 4 is 23.0 Å². The Balaban J connectivity index is 1.92. The molecule has 0 aromatic heterocycles. The zero-order valence-electron chi connectivity index (χ0n) is 12.1. The molecule has 0 saturated heterocycles. The van der Waals surface area contributed by atoms with Gasteiger partial charge in [-0.2, -0.15) is 13.2 Å². The molecule has 2 N–H and O–H groups in total. The standard InChI is InChI=1S/C15H12F3N3O3/c16-15(17,18)10-2-1-3-12(8-10)19-9-14(22)20-11-4-6-13(7-5-11)21(23)24/h1-8,19H,9H2,(H,20,22). The van der Waals surface area contributed by atoms with Crippen LogP contribution in [0.3, 0.4) is 0 Å². The van der Waals surface area contributed by atoms with Crippen LogP contribution in [-0.4, -0.2) is 17.4 Å². The van der Waals surface area contributed by atoms with Crippen molar-refractivity contribution in [3.63, 3.8) is 0 Å². The molecule has 2 aromatic carbocycles. The number of nitrogens with one attached hydrogen (secondary N) is 2. The Labute approximate surface area is 134 Å². The maximum atomic E-state index is 12.6. The number of non-ortho nitro benzene ring substituents is 1. The normalized spacial score (nSPS) is 11.0. The molecule has 0 aliphatic heterocycles. The van der Waals surface area contributed by atoms with Crippen molar-refractivity contribution in [2.45, 2.75) is 6.18 Å². The lowest BCUT2D eigenvalue weighted by Crippen LogP contribution is -2.21. The molecule has 126 valence electrons. The Bertz CT molecular complexity index is 746. The number of anilines is 2. The molecule has 0 unspecified atom stereocenters. The van der Waals surface area contributed by atoms with Crippen molar-refractivity contribution in [1.29, 1.82) is 0 Å². The van der Waals surface area contributed by atoms with Crippen LogP contribution in [-0.2, 0) is 11.0 Å². The van der Waals surface area contributed by atoms with Gasteiger partial charge in [0.05, 0.1) is 17.0 Å². The highest BCUT2D eigenvalue weighted by atomic mass is 19.4. The fourth-order valence-corrected chi connectivity index (χ4v) is 1.86. The minimum Gasteiger partial charge on any atom is -0.376 e. The fraction of sp³-hybridized carbons (Fsp3) is 0.133. The number of amides is 1. The smallest absolute Gasteiger partial charge is 0.376 e. The average molecular weight is 339 g/mol. The van der Waals surface area contributed by atoms with E-state index in [-0.39, 0.29) is 17.9 Å². The number of benzene rings is 2. The predicted molar refractivity (Wildman–Crippen MR) is 81.7 cm³/mol. The molecule has 2 aromatic rings. The van der Waals surface area contributed by atoms with Crippen molar-refractivity contribution in [3.8, 4) is 0 Å². The molecule has 0 radical (unpaired) electrons. The number of nitro benzene ring substituents is 1. The van der Waals surface area contributed by atoms with Crippen LogP contribution in [0.4, 0.5) is 30.2 Å². The van der Waals surface area contributed by atoms with Crippen LogP contribution in [0, 0.1) is 10.1 Å². The molecule has 0 fully saturated rings. The number of nitrogens with zero attached hydrogens (tertiary/aromatic N) is 1. The van der Waals surface area contributed by atoms with Gasteiger partial charge < -0.3 is 10.6 Å². The maximum Gasteiger partial charge on any atom is 0.416 e. The molecule has 0 heterocycles. The van der Waals surface area contributed by atoms with Gasteiger partial charge in [-0.15, -0.1) is 0 Å². The van der Waals surface area contributed by atoms with Gasteiger partial charge in [-0.3, -0.25) is 14.9 Å². The molecule has 0 aliphatic carbocycles. The molecule has 0 spiro atoms. The van der Waals surface area contributed by atoms with Crippen molar-refractivity contribution in [2.24, 2.45) is 0 Å². The second-order valence-corrected chi connectivity index (χ2v) is 4.78. The second-order valence-electron chi connectivity index (χ2n) is 4.78. The van der Waals surface area contributed by atoms with E-state index < -0.39 is 22.6 Å². The topological polar surface area (TPSA) is 84.3 Å². The minimum atomic E-state index is -4.46. The third-order valence-electron chi connectivity index (χ3n) is 3.00. The monoisotopic (exact) mass is 339 g/mol. The Kier molecular flexibility index (Phi) is 5.02. The number of halogens is 3. The Hall–Kier alpha value is -3.10. The highest BCUT2D eigenvalue weighted by molar-refractivity contribution is 5.93. The molecule has 0 aliphatic rings. The first kappa shape index (κ1) is 17.3. The van der Waals surface area contributed by atoms with Gasteiger partial charge in [-0.05, 0) is 30.3 Å². The van der Waals surface area contributed by atoms with Gasteiger partial charge in [0, 0.05) is 23.5 Å². The van der Waals surface area contributed by atoms with Gasteiger partial charge in [0.15, 0.2) is 0 Å². The number of hydrogen-bond acceptors (Lipinski definition) is 4. The summed E-state index contributed by atoms with van der Waals surface area (Å²) >= 11 is 0. The number of hydrogen-bond donors (Lipinski definition) is 2. The largest absolute Gasteiger partial charge is 0.416 e. The predicted octanol–water partition coefficient (Wildman–Crippen LogP) is 3.66. The second kappa shape index (κ2) is 6.99. The molecule has 0 bridgehead atoms. The summed E-state index contributed by atoms with van der Waals surface area (Å²) in [7, 11) is 0. The first-order valence-electron chi connectivity index (χ1n) is 6.71. The highest BCUT2D eigenvalue weighted by Gasteiger charge is 2.30. The van der Waals surface area contributed by atoms with Crippen molar-refractivity contribution in [2.75, 3.05) is 17.2 Å². The van der Waals surface area contributed by atoms with Gasteiger partial charge in [0.2, 0.25) is 5.91 Å². The summed E-state index contributed by atoms with van der Waals surface area (Å²) in [5.74, 6) is -0.499. The SMILES string of the molecule is O=C(CNc1cccc(C(F)(F)F)c1)Nc1ccc([N+](=O)[O-])cc1. The molecule has 24 heavy (non-hydrogen) atoms. The van der Waals surface area contributed by atoms with E-state index in [9.17, 15) is 28.1 Å². The lowest BCUT2D eigenvalue weighted by atomic mass is 10.2. The van der Waals surface area contributed by atoms with E-state index in [4.69, 9.17) is 0 Å². The Morgan fingerprint density at radius 2 is 1.75 bits per heavy atom. The zero-order valence-corrected chi connectivity index (χ0v) is 12.1. The molecule has 2 rings (SSSR count). The Morgan fingerprint density at radius 1 is 1.08 bits per heavy atom. The molecule has 9 heteroatoms. The first-order chi connectivity index (χ1) is 11.3. The maximum absolute atomic E-state index is 12.6. The lowest BCUT2D eigenvalue weighted by Gasteiger charge is -2.11. The number of rotatable bonds is 5. The van der Waals surface area contributed by atoms with E-state index in [1.54, 1.807) is 0 Å². The molecular weight excluding hydrogens is 327 g/mol. The van der Waals surface area contributed by atoms with Crippen molar-refractivity contribution in [1.82, 2.24) is 0 Å². The summed E-state index contributed by atoms with van der Waals surface area (Å²) in [5.41, 5.74) is -0.432. The Morgan fingerprint density at radius 3 is 2.33 bits per heavy atom. The van der Waals surface area contributed by atoms with Gasteiger partial charge in [-0.1, -0.05) is 6.07 Å². The minimum absolute atomic E-state index is 0.116. The zero-order chi connectivity index (χ0) is 17.7. The van der Waals surface area contributed by atoms with Crippen LogP contribution in [0.2, 0.25) is 0 Å². The summed E-state index contributed by atoms with van der Waals surface area (Å²) in [6, 6.07) is 9.67. The number of alkyl halides is 3. The third kappa shape index (κ3) is 4.70. The van der Waals surface area contributed by atoms with E-state index in [1.165, 1.54) is 36.4 Å². The summed E-state index contributed by atoms with van der Waals surface area (Å²) in [5, 5.41) is 15.6. The molecule has 0 atom stereocenters. The van der Waals surface area contributed by atoms with Crippen LogP contribution in [0.1, 0.15) is 5.56 Å². The average Bonchev–Trinajstić information content (AvgIpc) is 2.53. The summed E-state index contributed by atoms with van der Waals surface area (Å²) in [6.45, 7) is -0.252. The number of carbonyl (C=O) groups excluding carboxylic acids is 1. The summed E-state index contributed by atoms with van der Waals surface area (Å²) in [4.78, 5) is 21.7. The van der Waals surface area contributed by atoms with E-state index >= 15 is 0 Å². The number of nitro groups is 1. The molecule has 6 nitrogen and oxygen atoms in total. The van der Waals surface area contributed by atoms with Crippen molar-refractivity contribution < 1.29 is 22.9 Å². The highest BCUT2D eigenvalue weighted by Crippen LogP contribution is 2.30. The van der Waals surface area contributed by atoms with E-state index in [2.05, 4.69) is 10.6 Å². The van der Waals surface area contributed by atoms with Crippen LogP contribution < -0.4 is 10.6 Å². The van der Waals surface area contributed by atoms with E-state index in [0.717, 1.165) is 12.1 Å².